The van der Waals surface area contributed by atoms with Gasteiger partial charge in [0.1, 0.15) is 0 Å². The number of nitrogens with zero attached hydrogens (tertiary/aromatic N) is 1. The van der Waals surface area contributed by atoms with E-state index in [1.165, 1.54) is 69.1 Å². The van der Waals surface area contributed by atoms with Gasteiger partial charge in [0.05, 0.1) is 4.88 Å². The first-order valence-electron chi connectivity index (χ1n) is 10.2. The molecule has 2 fully saturated rings. The summed E-state index contributed by atoms with van der Waals surface area (Å²) in [5.41, 5.74) is 0. The number of aromatic hydroxyl groups is 1. The molecule has 1 heterocycles. The summed E-state index contributed by atoms with van der Waals surface area (Å²) in [7, 11) is 0. The Morgan fingerprint density at radius 2 is 1.62 bits per heavy atom. The van der Waals surface area contributed by atoms with Gasteiger partial charge >= 0.3 is 6.03 Å². The number of nitrogens with one attached hydrogen (secondary N) is 3. The molecule has 146 valence electrons. The van der Waals surface area contributed by atoms with E-state index in [9.17, 15) is 9.90 Å². The quantitative estimate of drug-likeness (QED) is 0.558. The Kier molecular flexibility index (Phi) is 7.41. The number of urea groups is 1. The van der Waals surface area contributed by atoms with Gasteiger partial charge in [-0.3, -0.25) is 0 Å². The molecule has 2 aliphatic rings. The van der Waals surface area contributed by atoms with Gasteiger partial charge in [-0.05, 0) is 25.7 Å². The number of hydrogen-bond donors (Lipinski definition) is 4. The lowest BCUT2D eigenvalue weighted by molar-refractivity contribution is 0.233. The summed E-state index contributed by atoms with van der Waals surface area (Å²) in [4.78, 5) is 17.1. The number of carbonyl (C=O) groups excluding carboxylic acids is 1. The minimum Gasteiger partial charge on any atom is -0.492 e. The van der Waals surface area contributed by atoms with Gasteiger partial charge in [0.25, 0.3) is 0 Å². The Balaban J connectivity index is 1.40. The molecule has 3 rings (SSSR count). The minimum absolute atomic E-state index is 0.0978. The van der Waals surface area contributed by atoms with Gasteiger partial charge < -0.3 is 21.1 Å². The highest BCUT2D eigenvalue weighted by molar-refractivity contribution is 7.15. The average molecular weight is 381 g/mol. The highest BCUT2D eigenvalue weighted by Gasteiger charge is 2.17. The fraction of sp³-hybridized carbons (Fsp3) is 0.789. The SMILES string of the molecule is O=C(NCCc1sc(NC2CCCCCC2)nc1O)NC1CCCCC1. The smallest absolute Gasteiger partial charge is 0.315 e. The van der Waals surface area contributed by atoms with E-state index in [0.717, 1.165) is 22.9 Å². The number of rotatable bonds is 6. The van der Waals surface area contributed by atoms with Crippen LogP contribution < -0.4 is 16.0 Å². The van der Waals surface area contributed by atoms with Crippen LogP contribution in [0.5, 0.6) is 5.88 Å². The van der Waals surface area contributed by atoms with Crippen molar-refractivity contribution in [1.82, 2.24) is 15.6 Å². The molecule has 2 saturated carbocycles. The summed E-state index contributed by atoms with van der Waals surface area (Å²) in [5.74, 6) is 0.0978. The Labute approximate surface area is 160 Å². The molecule has 0 aliphatic heterocycles. The predicted molar refractivity (Wildman–Crippen MR) is 106 cm³/mol. The summed E-state index contributed by atoms with van der Waals surface area (Å²) in [6.07, 6.45) is 14.0. The Hall–Kier alpha value is -1.50. The monoisotopic (exact) mass is 380 g/mol. The van der Waals surface area contributed by atoms with Gasteiger partial charge in [0, 0.05) is 25.0 Å². The van der Waals surface area contributed by atoms with Crippen molar-refractivity contribution in [2.45, 2.75) is 89.1 Å². The number of aromatic nitrogens is 1. The van der Waals surface area contributed by atoms with Gasteiger partial charge in [-0.15, -0.1) is 0 Å². The Bertz CT molecular complexity index is 564. The van der Waals surface area contributed by atoms with E-state index in [2.05, 4.69) is 20.9 Å². The molecule has 2 amide bonds. The molecule has 0 saturated heterocycles. The van der Waals surface area contributed by atoms with Crippen molar-refractivity contribution < 1.29 is 9.90 Å². The van der Waals surface area contributed by atoms with Crippen molar-refractivity contribution in [3.05, 3.63) is 4.88 Å². The van der Waals surface area contributed by atoms with Crippen LogP contribution >= 0.6 is 11.3 Å². The van der Waals surface area contributed by atoms with Crippen LogP contribution in [-0.2, 0) is 6.42 Å². The number of amides is 2. The molecule has 0 radical (unpaired) electrons. The van der Waals surface area contributed by atoms with Crippen molar-refractivity contribution in [2.24, 2.45) is 0 Å². The van der Waals surface area contributed by atoms with Crippen molar-refractivity contribution >= 4 is 22.5 Å². The molecule has 0 aromatic carbocycles. The van der Waals surface area contributed by atoms with Gasteiger partial charge in [-0.25, -0.2) is 4.79 Å². The third kappa shape index (κ3) is 6.04. The summed E-state index contributed by atoms with van der Waals surface area (Å²) in [6, 6.07) is 0.684. The van der Waals surface area contributed by atoms with Crippen LogP contribution in [0, 0.1) is 0 Å². The molecule has 6 nitrogen and oxygen atoms in total. The van der Waals surface area contributed by atoms with Crippen LogP contribution in [0.15, 0.2) is 0 Å². The number of hydrogen-bond acceptors (Lipinski definition) is 5. The minimum atomic E-state index is -0.0993. The van der Waals surface area contributed by atoms with Crippen molar-refractivity contribution in [1.29, 1.82) is 0 Å². The van der Waals surface area contributed by atoms with E-state index in [0.29, 0.717) is 25.0 Å². The maximum atomic E-state index is 12.0. The first-order valence-corrected chi connectivity index (χ1v) is 11.0. The predicted octanol–water partition coefficient (Wildman–Crippen LogP) is 4.16. The van der Waals surface area contributed by atoms with E-state index in [1.807, 2.05) is 0 Å². The zero-order valence-electron chi connectivity index (χ0n) is 15.6. The zero-order valence-corrected chi connectivity index (χ0v) is 16.4. The lowest BCUT2D eigenvalue weighted by Crippen LogP contribution is -2.43. The fourth-order valence-corrected chi connectivity index (χ4v) is 4.87. The summed E-state index contributed by atoms with van der Waals surface area (Å²) in [5, 5.41) is 20.3. The summed E-state index contributed by atoms with van der Waals surface area (Å²) < 4.78 is 0. The molecule has 0 atom stereocenters. The highest BCUT2D eigenvalue weighted by Crippen LogP contribution is 2.30. The molecule has 1 aromatic heterocycles. The summed E-state index contributed by atoms with van der Waals surface area (Å²) in [6.45, 7) is 0.511. The van der Waals surface area contributed by atoms with Crippen molar-refractivity contribution in [3.8, 4) is 5.88 Å². The first-order chi connectivity index (χ1) is 12.7. The fourth-order valence-electron chi connectivity index (χ4n) is 3.94. The molecule has 4 N–H and O–H groups in total. The molecule has 2 aliphatic carbocycles. The molecule has 26 heavy (non-hydrogen) atoms. The third-order valence-corrected chi connectivity index (χ3v) is 6.47. The normalized spacial score (nSPS) is 19.7. The van der Waals surface area contributed by atoms with Crippen molar-refractivity contribution in [3.63, 3.8) is 0 Å². The Morgan fingerprint density at radius 3 is 2.31 bits per heavy atom. The van der Waals surface area contributed by atoms with Gasteiger partial charge in [-0.2, -0.15) is 4.98 Å². The van der Waals surface area contributed by atoms with Gasteiger partial charge in [-0.1, -0.05) is 56.3 Å². The topological polar surface area (TPSA) is 86.3 Å². The standard InChI is InChI=1S/C19H32N4O2S/c24-17-16(12-13-20-18(25)21-14-8-6-3-7-9-14)26-19(23-17)22-15-10-4-1-2-5-11-15/h14-15,24H,1-13H2,(H,22,23)(H2,20,21,25). The average Bonchev–Trinajstić information content (AvgIpc) is 2.82. The molecule has 1 aromatic rings. The number of thiazole rings is 1. The number of anilines is 1. The zero-order chi connectivity index (χ0) is 18.2. The lowest BCUT2D eigenvalue weighted by Gasteiger charge is -2.22. The molecular formula is C19H32N4O2S. The van der Waals surface area contributed by atoms with E-state index >= 15 is 0 Å². The summed E-state index contributed by atoms with van der Waals surface area (Å²) >= 11 is 1.50. The van der Waals surface area contributed by atoms with Crippen LogP contribution in [-0.4, -0.2) is 34.8 Å². The first kappa shape index (κ1) is 19.3. The molecule has 0 bridgehead atoms. The second kappa shape index (κ2) is 10.00. The Morgan fingerprint density at radius 1 is 1.00 bits per heavy atom. The second-order valence-corrected chi connectivity index (χ2v) is 8.67. The van der Waals surface area contributed by atoms with E-state index < -0.39 is 0 Å². The van der Waals surface area contributed by atoms with Crippen LogP contribution in [0.2, 0.25) is 0 Å². The van der Waals surface area contributed by atoms with Crippen LogP contribution in [0.4, 0.5) is 9.93 Å². The van der Waals surface area contributed by atoms with Crippen LogP contribution in [0.1, 0.15) is 75.5 Å². The molecule has 0 unspecified atom stereocenters. The maximum Gasteiger partial charge on any atom is 0.315 e. The maximum absolute atomic E-state index is 12.0. The van der Waals surface area contributed by atoms with Crippen LogP contribution in [0.3, 0.4) is 0 Å². The van der Waals surface area contributed by atoms with E-state index in [-0.39, 0.29) is 11.9 Å². The molecule has 0 spiro atoms. The van der Waals surface area contributed by atoms with Gasteiger partial charge in [0.15, 0.2) is 5.13 Å². The van der Waals surface area contributed by atoms with Gasteiger partial charge in [0.2, 0.25) is 5.88 Å². The third-order valence-electron chi connectivity index (χ3n) is 5.44. The highest BCUT2D eigenvalue weighted by atomic mass is 32.1. The van der Waals surface area contributed by atoms with E-state index in [4.69, 9.17) is 0 Å². The molecular weight excluding hydrogens is 348 g/mol. The number of carbonyl (C=O) groups is 1. The largest absolute Gasteiger partial charge is 0.492 e. The van der Waals surface area contributed by atoms with Crippen LogP contribution in [0.25, 0.3) is 0 Å². The second-order valence-electron chi connectivity index (χ2n) is 7.58. The molecule has 7 heteroatoms. The van der Waals surface area contributed by atoms with E-state index in [1.54, 1.807) is 0 Å². The lowest BCUT2D eigenvalue weighted by atomic mass is 9.96. The van der Waals surface area contributed by atoms with Crippen molar-refractivity contribution in [2.75, 3.05) is 11.9 Å².